The van der Waals surface area contributed by atoms with Crippen LogP contribution in [0.1, 0.15) is 63.9 Å². The normalized spacial score (nSPS) is 18.6. The van der Waals surface area contributed by atoms with Gasteiger partial charge in [-0.25, -0.2) is 9.98 Å². The average Bonchev–Trinajstić information content (AvgIpc) is 3.19. The second kappa shape index (κ2) is 12.6. The van der Waals surface area contributed by atoms with Gasteiger partial charge in [0.15, 0.2) is 5.96 Å². The van der Waals surface area contributed by atoms with E-state index in [0.717, 1.165) is 56.4 Å². The van der Waals surface area contributed by atoms with E-state index in [1.807, 2.05) is 6.07 Å². The smallest absolute Gasteiger partial charge is 0.218 e. The van der Waals surface area contributed by atoms with Crippen molar-refractivity contribution in [3.63, 3.8) is 0 Å². The molecule has 2 aliphatic rings. The minimum atomic E-state index is 0. The number of aliphatic imine (C=N–C) groups is 1. The number of methoxy groups -OCH3 is 1. The third kappa shape index (κ3) is 7.27. The van der Waals surface area contributed by atoms with E-state index in [2.05, 4.69) is 28.6 Å². The molecular weight excluding hydrogens is 479 g/mol. The van der Waals surface area contributed by atoms with Gasteiger partial charge < -0.3 is 20.1 Å². The van der Waals surface area contributed by atoms with Crippen molar-refractivity contribution < 1.29 is 9.47 Å². The SMILES string of the molecule is CCNC(=NCc1cccnc1OC1CCCC1)NCC1(CCOC)CCC1.I. The quantitative estimate of drug-likeness (QED) is 0.276. The van der Waals surface area contributed by atoms with Gasteiger partial charge in [-0.15, -0.1) is 24.0 Å². The lowest BCUT2D eigenvalue weighted by Gasteiger charge is -2.42. The lowest BCUT2D eigenvalue weighted by atomic mass is 9.67. The Morgan fingerprint density at radius 2 is 2.03 bits per heavy atom. The lowest BCUT2D eigenvalue weighted by Crippen LogP contribution is -2.47. The van der Waals surface area contributed by atoms with E-state index in [1.54, 1.807) is 13.3 Å². The number of pyridine rings is 1. The molecule has 1 aromatic rings. The first-order valence-electron chi connectivity index (χ1n) is 10.9. The molecule has 7 heteroatoms. The van der Waals surface area contributed by atoms with Crippen molar-refractivity contribution in [3.05, 3.63) is 23.9 Å². The van der Waals surface area contributed by atoms with Crippen LogP contribution < -0.4 is 15.4 Å². The summed E-state index contributed by atoms with van der Waals surface area (Å²) in [6, 6.07) is 4.02. The Bertz CT molecular complexity index is 631. The molecule has 164 valence electrons. The van der Waals surface area contributed by atoms with E-state index in [9.17, 15) is 0 Å². The van der Waals surface area contributed by atoms with Crippen LogP contribution in [0.3, 0.4) is 0 Å². The summed E-state index contributed by atoms with van der Waals surface area (Å²) in [4.78, 5) is 9.27. The lowest BCUT2D eigenvalue weighted by molar-refractivity contribution is 0.0732. The molecule has 3 rings (SSSR count). The summed E-state index contributed by atoms with van der Waals surface area (Å²) in [6.07, 6.45) is 11.8. The van der Waals surface area contributed by atoms with E-state index in [4.69, 9.17) is 14.5 Å². The molecule has 0 spiro atoms. The summed E-state index contributed by atoms with van der Waals surface area (Å²) in [6.45, 7) is 5.28. The maximum atomic E-state index is 6.15. The van der Waals surface area contributed by atoms with Crippen LogP contribution in [-0.2, 0) is 11.3 Å². The van der Waals surface area contributed by atoms with Crippen LogP contribution in [-0.4, -0.2) is 43.9 Å². The summed E-state index contributed by atoms with van der Waals surface area (Å²) in [5, 5.41) is 6.93. The van der Waals surface area contributed by atoms with Gasteiger partial charge in [0, 0.05) is 38.6 Å². The van der Waals surface area contributed by atoms with Gasteiger partial charge in [0.25, 0.3) is 0 Å². The zero-order valence-corrected chi connectivity index (χ0v) is 20.2. The number of ether oxygens (including phenoxy) is 2. The molecule has 0 saturated heterocycles. The summed E-state index contributed by atoms with van der Waals surface area (Å²) >= 11 is 0. The Morgan fingerprint density at radius 1 is 1.24 bits per heavy atom. The predicted octanol–water partition coefficient (Wildman–Crippen LogP) is 4.28. The van der Waals surface area contributed by atoms with Crippen LogP contribution >= 0.6 is 24.0 Å². The number of guanidine groups is 1. The third-order valence-corrected chi connectivity index (χ3v) is 6.06. The standard InChI is InChI=1S/C22H36N4O2.HI/c1-3-23-21(26-17-22(11-7-12-22)13-15-27-2)25-16-18-8-6-14-24-20(18)28-19-9-4-5-10-19;/h6,8,14,19H,3-5,7,9-13,15-17H2,1-2H3,(H2,23,25,26);1H. The fraction of sp³-hybridized carbons (Fsp3) is 0.727. The molecule has 0 unspecified atom stereocenters. The second-order valence-electron chi connectivity index (χ2n) is 8.14. The Hall–Kier alpha value is -1.09. The van der Waals surface area contributed by atoms with Gasteiger partial charge in [-0.2, -0.15) is 0 Å². The minimum absolute atomic E-state index is 0. The van der Waals surface area contributed by atoms with Crippen LogP contribution in [0.4, 0.5) is 0 Å². The van der Waals surface area contributed by atoms with Crippen molar-refractivity contribution in [1.82, 2.24) is 15.6 Å². The molecular formula is C22H37IN4O2. The summed E-state index contributed by atoms with van der Waals surface area (Å²) in [5.74, 6) is 1.60. The molecule has 1 aromatic heterocycles. The number of hydrogen-bond donors (Lipinski definition) is 2. The molecule has 29 heavy (non-hydrogen) atoms. The first-order chi connectivity index (χ1) is 13.7. The number of rotatable bonds is 10. The molecule has 0 aromatic carbocycles. The third-order valence-electron chi connectivity index (χ3n) is 6.06. The van der Waals surface area contributed by atoms with Gasteiger partial charge in [0.2, 0.25) is 5.88 Å². The zero-order valence-electron chi connectivity index (χ0n) is 17.9. The van der Waals surface area contributed by atoms with Crippen molar-refractivity contribution in [1.29, 1.82) is 0 Å². The molecule has 0 radical (unpaired) electrons. The number of hydrogen-bond acceptors (Lipinski definition) is 4. The zero-order chi connectivity index (χ0) is 19.7. The average molecular weight is 516 g/mol. The van der Waals surface area contributed by atoms with E-state index in [0.29, 0.717) is 18.1 Å². The molecule has 0 aliphatic heterocycles. The maximum absolute atomic E-state index is 6.15. The first kappa shape index (κ1) is 24.2. The molecule has 2 N–H and O–H groups in total. The van der Waals surface area contributed by atoms with Gasteiger partial charge >= 0.3 is 0 Å². The largest absolute Gasteiger partial charge is 0.474 e. The highest BCUT2D eigenvalue weighted by molar-refractivity contribution is 14.0. The highest BCUT2D eigenvalue weighted by atomic mass is 127. The highest BCUT2D eigenvalue weighted by Gasteiger charge is 2.36. The molecule has 2 saturated carbocycles. The minimum Gasteiger partial charge on any atom is -0.474 e. The van der Waals surface area contributed by atoms with Gasteiger partial charge in [0.1, 0.15) is 6.10 Å². The second-order valence-corrected chi connectivity index (χ2v) is 8.14. The van der Waals surface area contributed by atoms with Gasteiger partial charge in [-0.05, 0) is 63.4 Å². The Labute approximate surface area is 192 Å². The Morgan fingerprint density at radius 3 is 2.69 bits per heavy atom. The van der Waals surface area contributed by atoms with Crippen LogP contribution in [0.15, 0.2) is 23.3 Å². The van der Waals surface area contributed by atoms with Crippen molar-refractivity contribution in [2.45, 2.75) is 70.9 Å². The Kier molecular flexibility index (Phi) is 10.5. The number of halogens is 1. The van der Waals surface area contributed by atoms with E-state index in [-0.39, 0.29) is 24.0 Å². The molecule has 2 aliphatic carbocycles. The van der Waals surface area contributed by atoms with E-state index >= 15 is 0 Å². The number of nitrogens with one attached hydrogen (secondary N) is 2. The van der Waals surface area contributed by atoms with Gasteiger partial charge in [-0.3, -0.25) is 0 Å². The highest BCUT2D eigenvalue weighted by Crippen LogP contribution is 2.43. The van der Waals surface area contributed by atoms with Crippen LogP contribution in [0.25, 0.3) is 0 Å². The Balaban J connectivity index is 0.00000300. The van der Waals surface area contributed by atoms with Gasteiger partial charge in [0.05, 0.1) is 6.54 Å². The van der Waals surface area contributed by atoms with E-state index < -0.39 is 0 Å². The van der Waals surface area contributed by atoms with Crippen LogP contribution in [0.2, 0.25) is 0 Å². The summed E-state index contributed by atoms with van der Waals surface area (Å²) in [7, 11) is 1.78. The summed E-state index contributed by atoms with van der Waals surface area (Å²) in [5.41, 5.74) is 1.40. The topological polar surface area (TPSA) is 67.8 Å². The van der Waals surface area contributed by atoms with Crippen molar-refractivity contribution in [2.75, 3.05) is 26.8 Å². The molecule has 6 nitrogen and oxygen atoms in total. The predicted molar refractivity (Wildman–Crippen MR) is 128 cm³/mol. The molecule has 0 amide bonds. The van der Waals surface area contributed by atoms with Crippen molar-refractivity contribution >= 4 is 29.9 Å². The van der Waals surface area contributed by atoms with Crippen LogP contribution in [0, 0.1) is 5.41 Å². The first-order valence-corrected chi connectivity index (χ1v) is 10.9. The molecule has 0 bridgehead atoms. The van der Waals surface area contributed by atoms with E-state index in [1.165, 1.54) is 32.1 Å². The summed E-state index contributed by atoms with van der Waals surface area (Å²) < 4.78 is 11.5. The monoisotopic (exact) mass is 516 g/mol. The maximum Gasteiger partial charge on any atom is 0.218 e. The van der Waals surface area contributed by atoms with Gasteiger partial charge in [-0.1, -0.05) is 12.5 Å². The molecule has 2 fully saturated rings. The number of nitrogens with zero attached hydrogens (tertiary/aromatic N) is 2. The van der Waals surface area contributed by atoms with Crippen molar-refractivity contribution in [2.24, 2.45) is 10.4 Å². The van der Waals surface area contributed by atoms with Crippen molar-refractivity contribution in [3.8, 4) is 5.88 Å². The molecule has 0 atom stereocenters. The fourth-order valence-corrected chi connectivity index (χ4v) is 4.10. The number of aromatic nitrogens is 1. The van der Waals surface area contributed by atoms with Crippen LogP contribution in [0.5, 0.6) is 5.88 Å². The molecule has 1 heterocycles. The fourth-order valence-electron chi connectivity index (χ4n) is 4.10.